The Morgan fingerprint density at radius 2 is 1.16 bits per heavy atom. The number of imidazole rings is 2. The van der Waals surface area contributed by atoms with Gasteiger partial charge < -0.3 is 17.9 Å². The minimum absolute atomic E-state index is 0.247. The zero-order valence-electron chi connectivity index (χ0n) is 38.4. The molecular formula is C48H73FN8. The topological polar surface area (TPSA) is 70.2 Å². The zero-order chi connectivity index (χ0) is 43.9. The predicted octanol–water partition coefficient (Wildman–Crippen LogP) is 13.5. The first kappa shape index (κ1) is 53.5. The van der Waals surface area contributed by atoms with Crippen LogP contribution < -0.4 is 0 Å². The summed E-state index contributed by atoms with van der Waals surface area (Å²) in [7, 11) is 3.98. The van der Waals surface area contributed by atoms with Crippen molar-refractivity contribution in [2.75, 3.05) is 0 Å². The highest BCUT2D eigenvalue weighted by Gasteiger charge is 2.00. The highest BCUT2D eigenvalue weighted by atomic mass is 19.1. The molecule has 0 bridgehead atoms. The molecule has 0 aromatic carbocycles. The minimum atomic E-state index is -0.247. The number of aryl methyl sites for hydroxylation is 8. The van der Waals surface area contributed by atoms with E-state index in [9.17, 15) is 4.39 Å². The lowest BCUT2D eigenvalue weighted by atomic mass is 10.2. The van der Waals surface area contributed by atoms with E-state index in [0.717, 1.165) is 11.3 Å². The van der Waals surface area contributed by atoms with Gasteiger partial charge in [0.2, 0.25) is 0 Å². The Morgan fingerprint density at radius 1 is 0.526 bits per heavy atom. The van der Waals surface area contributed by atoms with E-state index in [2.05, 4.69) is 81.8 Å². The summed E-state index contributed by atoms with van der Waals surface area (Å²) < 4.78 is 20.6. The maximum absolute atomic E-state index is 12.6. The Balaban J connectivity index is 0. The molecule has 0 amide bonds. The third-order valence-electron chi connectivity index (χ3n) is 7.56. The van der Waals surface area contributed by atoms with E-state index in [4.69, 9.17) is 0 Å². The first-order chi connectivity index (χ1) is 27.5. The van der Waals surface area contributed by atoms with Crippen LogP contribution in [0.15, 0.2) is 117 Å². The summed E-state index contributed by atoms with van der Waals surface area (Å²) in [5.74, 6) is -0.247. The van der Waals surface area contributed by atoms with Crippen molar-refractivity contribution in [3.63, 3.8) is 0 Å². The summed E-state index contributed by atoms with van der Waals surface area (Å²) in [6.07, 6.45) is 18.7. The Bertz CT molecular complexity index is 2060. The molecule has 0 radical (unpaired) electrons. The van der Waals surface area contributed by atoms with E-state index in [1.807, 2.05) is 154 Å². The summed E-state index contributed by atoms with van der Waals surface area (Å²) in [5.41, 5.74) is 10.4. The van der Waals surface area contributed by atoms with E-state index in [-0.39, 0.29) is 5.82 Å². The van der Waals surface area contributed by atoms with Crippen LogP contribution in [-0.4, -0.2) is 37.9 Å². The smallest absolute Gasteiger partial charge is 0.139 e. The van der Waals surface area contributed by atoms with Crippen molar-refractivity contribution in [1.82, 2.24) is 37.9 Å². The van der Waals surface area contributed by atoms with Gasteiger partial charge in [0.1, 0.15) is 17.1 Å². The average Bonchev–Trinajstić information content (AvgIpc) is 4.04. The van der Waals surface area contributed by atoms with Crippen molar-refractivity contribution in [3.05, 3.63) is 156 Å². The van der Waals surface area contributed by atoms with E-state index in [1.165, 1.54) is 51.0 Å². The monoisotopic (exact) mass is 781 g/mol. The molecule has 0 N–H and O–H groups in total. The summed E-state index contributed by atoms with van der Waals surface area (Å²) in [5, 5.41) is 1.25. The van der Waals surface area contributed by atoms with E-state index >= 15 is 0 Å². The molecule has 8 nitrogen and oxygen atoms in total. The van der Waals surface area contributed by atoms with Gasteiger partial charge >= 0.3 is 0 Å². The van der Waals surface area contributed by atoms with Crippen molar-refractivity contribution in [2.24, 2.45) is 14.1 Å². The molecule has 8 aromatic heterocycles. The minimum Gasteiger partial charge on any atom is -0.338 e. The number of pyridine rings is 4. The fourth-order valence-electron chi connectivity index (χ4n) is 4.60. The number of hydrogen-bond acceptors (Lipinski definition) is 4. The second-order valence-corrected chi connectivity index (χ2v) is 11.4. The maximum Gasteiger partial charge on any atom is 0.139 e. The molecule has 0 atom stereocenters. The molecule has 0 saturated heterocycles. The highest BCUT2D eigenvalue weighted by Crippen LogP contribution is 2.15. The highest BCUT2D eigenvalue weighted by molar-refractivity contribution is 5.79. The summed E-state index contributed by atoms with van der Waals surface area (Å²) in [4.78, 5) is 16.0. The molecule has 0 saturated carbocycles. The van der Waals surface area contributed by atoms with Gasteiger partial charge in [-0.2, -0.15) is 0 Å². The van der Waals surface area contributed by atoms with E-state index in [0.29, 0.717) is 5.65 Å². The second kappa shape index (κ2) is 31.6. The lowest BCUT2D eigenvalue weighted by molar-refractivity contribution is 0.626. The quantitative estimate of drug-likeness (QED) is 0.154. The van der Waals surface area contributed by atoms with Gasteiger partial charge in [-0.25, -0.2) is 19.3 Å². The molecule has 0 spiro atoms. The number of hydrogen-bond donors (Lipinski definition) is 0. The molecule has 9 heteroatoms. The molecule has 8 aromatic rings. The van der Waals surface area contributed by atoms with Gasteiger partial charge in [0.25, 0.3) is 0 Å². The van der Waals surface area contributed by atoms with Crippen LogP contribution in [0.1, 0.15) is 103 Å². The average molecular weight is 781 g/mol. The van der Waals surface area contributed by atoms with Crippen LogP contribution >= 0.6 is 0 Å². The van der Waals surface area contributed by atoms with Gasteiger partial charge in [-0.3, -0.25) is 4.98 Å². The van der Waals surface area contributed by atoms with Crippen molar-refractivity contribution in [2.45, 2.75) is 111 Å². The number of fused-ring (bicyclic) bond motifs is 3. The van der Waals surface area contributed by atoms with E-state index in [1.54, 1.807) is 31.1 Å². The molecule has 312 valence electrons. The molecule has 57 heavy (non-hydrogen) atoms. The summed E-state index contributed by atoms with van der Waals surface area (Å²) in [6, 6.07) is 17.3. The van der Waals surface area contributed by atoms with Gasteiger partial charge in [-0.15, -0.1) is 0 Å². The first-order valence-corrected chi connectivity index (χ1v) is 20.3. The summed E-state index contributed by atoms with van der Waals surface area (Å²) >= 11 is 0. The molecule has 0 fully saturated rings. The first-order valence-electron chi connectivity index (χ1n) is 20.3. The third-order valence-corrected chi connectivity index (χ3v) is 7.56. The van der Waals surface area contributed by atoms with Crippen LogP contribution in [0, 0.1) is 47.4 Å². The Labute approximate surface area is 344 Å². The van der Waals surface area contributed by atoms with Crippen LogP contribution in [0.5, 0.6) is 0 Å². The second-order valence-electron chi connectivity index (χ2n) is 11.4. The van der Waals surface area contributed by atoms with Crippen molar-refractivity contribution in [1.29, 1.82) is 0 Å². The molecular weight excluding hydrogens is 708 g/mol. The van der Waals surface area contributed by atoms with Gasteiger partial charge in [0.05, 0.1) is 6.33 Å². The molecule has 8 heterocycles. The van der Waals surface area contributed by atoms with Crippen LogP contribution in [0.3, 0.4) is 0 Å². The van der Waals surface area contributed by atoms with Crippen LogP contribution in [-0.2, 0) is 14.1 Å². The van der Waals surface area contributed by atoms with Crippen molar-refractivity contribution < 1.29 is 4.39 Å². The van der Waals surface area contributed by atoms with Gasteiger partial charge in [0, 0.05) is 98.2 Å². The number of halogens is 1. The molecule has 0 aliphatic heterocycles. The largest absolute Gasteiger partial charge is 0.338 e. The lowest BCUT2D eigenvalue weighted by Crippen LogP contribution is -1.87. The molecule has 0 unspecified atom stereocenters. The number of nitrogens with zero attached hydrogens (tertiary/aromatic N) is 8. The number of aromatic nitrogens is 8. The SMILES string of the molecule is CC.CC.CC.CC.CC.Cc1ccc2c(C)ccn2c1.Cc1ccnc2c1ccn2C.Cc1ccncc1.Cc1cnc2cc(F)ccn12.Cc1cncn1C. The molecule has 0 aliphatic rings. The van der Waals surface area contributed by atoms with Crippen LogP contribution in [0.25, 0.3) is 22.2 Å². The Hall–Kier alpha value is -5.57. The fraction of sp³-hybridized carbons (Fsp3) is 0.375. The number of rotatable bonds is 0. The Morgan fingerprint density at radius 3 is 1.67 bits per heavy atom. The third kappa shape index (κ3) is 18.7. The van der Waals surface area contributed by atoms with Crippen molar-refractivity contribution >= 4 is 22.2 Å². The Kier molecular flexibility index (Phi) is 29.7. The normalized spacial score (nSPS) is 8.96. The van der Waals surface area contributed by atoms with Gasteiger partial charge in [0.15, 0.2) is 0 Å². The van der Waals surface area contributed by atoms with Crippen molar-refractivity contribution in [3.8, 4) is 0 Å². The van der Waals surface area contributed by atoms with E-state index < -0.39 is 0 Å². The maximum atomic E-state index is 12.6. The van der Waals surface area contributed by atoms with Crippen LogP contribution in [0.2, 0.25) is 0 Å². The predicted molar refractivity (Wildman–Crippen MR) is 246 cm³/mol. The zero-order valence-corrected chi connectivity index (χ0v) is 38.4. The van der Waals surface area contributed by atoms with Gasteiger partial charge in [-0.05, 0) is 106 Å². The molecule has 8 rings (SSSR count). The summed E-state index contributed by atoms with van der Waals surface area (Å²) in [6.45, 7) is 32.3. The molecule has 0 aliphatic carbocycles. The standard InChI is InChI=1S/C10H11N.C9H10N2.C8H7FN2.C6H7N.C5H8N2.5C2H6/c1-8-3-4-10-9(2)5-6-11(10)7-8;1-7-3-5-10-9-8(7)4-6-11(9)2;1-6-5-10-8-4-7(9)2-3-11(6)8;1-6-2-4-7-5-3-6;1-5-3-6-4-7(5)2;5*1-2/h3-7H,1-2H3;3-6H,1-2H3;2-5H,1H3;2-5H,1H3;3-4H,1-2H3;5*1-2H3. The van der Waals surface area contributed by atoms with Crippen LogP contribution in [0.4, 0.5) is 4.39 Å². The van der Waals surface area contributed by atoms with Gasteiger partial charge in [-0.1, -0.05) is 75.3 Å². The lowest BCUT2D eigenvalue weighted by Gasteiger charge is -1.96. The fourth-order valence-corrected chi connectivity index (χ4v) is 4.60.